The number of ketones is 2. The van der Waals surface area contributed by atoms with Crippen molar-refractivity contribution >= 4 is 11.6 Å². The lowest BCUT2D eigenvalue weighted by molar-refractivity contribution is -0.262. The first-order valence-electron chi connectivity index (χ1n) is 22.5. The van der Waals surface area contributed by atoms with Crippen LogP contribution in [0, 0.1) is 0 Å². The van der Waals surface area contributed by atoms with Crippen LogP contribution >= 0.6 is 0 Å². The molecular weight excluding hydrogens is 755 g/mol. The van der Waals surface area contributed by atoms with Crippen molar-refractivity contribution in [2.45, 2.75) is 185 Å². The maximum atomic E-state index is 14.1. The van der Waals surface area contributed by atoms with Gasteiger partial charge in [0.05, 0.1) is 54.3 Å². The van der Waals surface area contributed by atoms with Crippen molar-refractivity contribution in [3.63, 3.8) is 0 Å². The number of ether oxygens (including phenoxy) is 3. The van der Waals surface area contributed by atoms with Gasteiger partial charge in [0.2, 0.25) is 5.78 Å². The molecule has 0 saturated carbocycles. The summed E-state index contributed by atoms with van der Waals surface area (Å²) in [5.41, 5.74) is -3.02. The molecule has 1 fully saturated rings. The van der Waals surface area contributed by atoms with Gasteiger partial charge in [0.25, 0.3) is 0 Å². The second-order valence-electron chi connectivity index (χ2n) is 17.2. The normalized spacial score (nSPS) is 24.5. The molecule has 6 N–H and O–H groups in total. The fourth-order valence-electron chi connectivity index (χ4n) is 9.49. The largest absolute Gasteiger partial charge is 0.507 e. The Morgan fingerprint density at radius 1 is 0.831 bits per heavy atom. The van der Waals surface area contributed by atoms with Gasteiger partial charge >= 0.3 is 0 Å². The monoisotopic (exact) mass is 826 g/mol. The van der Waals surface area contributed by atoms with Gasteiger partial charge in [0, 0.05) is 42.0 Å². The van der Waals surface area contributed by atoms with Crippen LogP contribution in [0.5, 0.6) is 17.2 Å². The van der Waals surface area contributed by atoms with Crippen LogP contribution in [0.2, 0.25) is 0 Å². The Morgan fingerprint density at radius 3 is 1.95 bits per heavy atom. The minimum Gasteiger partial charge on any atom is -0.507 e. The molecule has 0 amide bonds. The first-order chi connectivity index (χ1) is 28.4. The molecule has 0 unspecified atom stereocenters. The molecular formula is C47H71NO11. The Balaban J connectivity index is 1.41. The molecule has 2 aromatic carbocycles. The third-order valence-electron chi connectivity index (χ3n) is 13.0. The van der Waals surface area contributed by atoms with Crippen molar-refractivity contribution in [2.75, 3.05) is 26.8 Å². The zero-order valence-electron chi connectivity index (χ0n) is 35.9. The van der Waals surface area contributed by atoms with Gasteiger partial charge < -0.3 is 44.8 Å². The van der Waals surface area contributed by atoms with Crippen LogP contribution in [0.25, 0.3) is 0 Å². The fourth-order valence-corrected chi connectivity index (χ4v) is 9.49. The van der Waals surface area contributed by atoms with E-state index in [-0.39, 0.29) is 46.9 Å². The van der Waals surface area contributed by atoms with Gasteiger partial charge in [-0.3, -0.25) is 14.5 Å². The number of unbranched alkanes of at least 4 members (excludes halogenated alkanes) is 14. The van der Waals surface area contributed by atoms with Gasteiger partial charge in [0.1, 0.15) is 23.4 Å². The smallest absolute Gasteiger partial charge is 0.202 e. The average Bonchev–Trinajstić information content (AvgIpc) is 3.22. The van der Waals surface area contributed by atoms with Crippen molar-refractivity contribution in [1.29, 1.82) is 0 Å². The second kappa shape index (κ2) is 22.1. The molecule has 7 atom stereocenters. The first kappa shape index (κ1) is 47.0. The number of aliphatic hydroxyl groups is 4. The summed E-state index contributed by atoms with van der Waals surface area (Å²) >= 11 is 0. The summed E-state index contributed by atoms with van der Waals surface area (Å²) in [7, 11) is 1.37. The molecule has 0 radical (unpaired) electrons. The van der Waals surface area contributed by atoms with E-state index < -0.39 is 83.5 Å². The number of methoxy groups -OCH3 is 1. The van der Waals surface area contributed by atoms with Gasteiger partial charge in [-0.05, 0) is 38.9 Å². The van der Waals surface area contributed by atoms with Crippen LogP contribution in [0.1, 0.15) is 185 Å². The molecule has 12 heteroatoms. The minimum atomic E-state index is -2.05. The van der Waals surface area contributed by atoms with Crippen molar-refractivity contribution in [1.82, 2.24) is 4.90 Å². The average molecular weight is 826 g/mol. The highest BCUT2D eigenvalue weighted by molar-refractivity contribution is 6.31. The Kier molecular flexibility index (Phi) is 17.6. The number of phenolic OH excluding ortho intramolecular Hbond substituents is 2. The predicted molar refractivity (Wildman–Crippen MR) is 225 cm³/mol. The lowest BCUT2D eigenvalue weighted by Crippen LogP contribution is -2.56. The van der Waals surface area contributed by atoms with Gasteiger partial charge in [-0.15, -0.1) is 0 Å². The minimum absolute atomic E-state index is 0.00998. The highest BCUT2D eigenvalue weighted by Gasteiger charge is 2.50. The van der Waals surface area contributed by atoms with E-state index in [2.05, 4.69) is 18.7 Å². The van der Waals surface area contributed by atoms with Crippen LogP contribution in [-0.2, 0) is 15.9 Å². The number of aliphatic hydroxyl groups excluding tert-OH is 3. The predicted octanol–water partition coefficient (Wildman–Crippen LogP) is 7.42. The summed E-state index contributed by atoms with van der Waals surface area (Å²) in [5.74, 6) is -2.51. The molecule has 330 valence electrons. The van der Waals surface area contributed by atoms with E-state index in [0.29, 0.717) is 0 Å². The molecule has 5 rings (SSSR count). The van der Waals surface area contributed by atoms with E-state index in [9.17, 15) is 40.2 Å². The van der Waals surface area contributed by atoms with E-state index in [4.69, 9.17) is 14.2 Å². The maximum Gasteiger partial charge on any atom is 0.202 e. The number of aromatic hydroxyl groups is 2. The van der Waals surface area contributed by atoms with Gasteiger partial charge in [-0.1, -0.05) is 116 Å². The molecule has 1 saturated heterocycles. The number of nitrogens with zero attached hydrogens (tertiary/aromatic N) is 1. The topological polar surface area (TPSA) is 186 Å². The standard InChI is InChI=1S/C47H71NO11/c1-5-7-9-11-13-15-17-19-24-48(25-20-18-16-14-12-10-8-6-2)33-26-37(58-30(3)42(33)51)59-35-28-47(56,36(50)29-49)27-32-39(35)46(55)41-40(44(32)53)43(52)31-22-21-23-34(57-4)38(31)45(41)54/h21-23,30,33,35-37,42,49-51,53,55-56H,5-20,24-29H2,1-4H3/t30-,33+,35-,36-,37+,42+,47+/m1/s1. The molecule has 2 aromatic rings. The molecule has 59 heavy (non-hydrogen) atoms. The Morgan fingerprint density at radius 2 is 1.39 bits per heavy atom. The molecule has 0 spiro atoms. The molecule has 0 aromatic heterocycles. The Hall–Kier alpha value is -3.10. The number of hydrogen-bond donors (Lipinski definition) is 6. The molecule has 1 aliphatic heterocycles. The number of carbonyl (C=O) groups excluding carboxylic acids is 2. The van der Waals surface area contributed by atoms with Crippen molar-refractivity contribution in [3.8, 4) is 17.2 Å². The first-order valence-corrected chi connectivity index (χ1v) is 22.5. The van der Waals surface area contributed by atoms with Crippen LogP contribution in [-0.4, -0.2) is 110 Å². The highest BCUT2D eigenvalue weighted by Crippen LogP contribution is 2.53. The summed E-state index contributed by atoms with van der Waals surface area (Å²) in [6.45, 7) is 7.04. The fraction of sp³-hybridized carbons (Fsp3) is 0.702. The number of benzene rings is 2. The van der Waals surface area contributed by atoms with Crippen molar-refractivity contribution in [2.24, 2.45) is 0 Å². The summed E-state index contributed by atoms with van der Waals surface area (Å²) in [4.78, 5) is 30.4. The number of carbonyl (C=O) groups is 2. The number of phenols is 2. The SMILES string of the molecule is CCCCCCCCCCN(CCCCCCCCCC)[C@H]1C[C@H](O[C@@H]2C[C@](O)([C@H](O)CO)Cc3c(O)c4c(c(O)c32)C(=O)c2c(OC)cccc2C4=O)O[C@H](C)[C@@H]1O. The highest BCUT2D eigenvalue weighted by atomic mass is 16.7. The van der Waals surface area contributed by atoms with E-state index >= 15 is 0 Å². The number of rotatable bonds is 24. The van der Waals surface area contributed by atoms with Crippen molar-refractivity contribution < 1.29 is 54.4 Å². The van der Waals surface area contributed by atoms with Gasteiger partial charge in [-0.2, -0.15) is 0 Å². The Bertz CT molecular complexity index is 1680. The lowest BCUT2D eigenvalue weighted by atomic mass is 9.71. The quantitative estimate of drug-likeness (QED) is 0.0389. The summed E-state index contributed by atoms with van der Waals surface area (Å²) < 4.78 is 18.3. The van der Waals surface area contributed by atoms with Crippen LogP contribution in [0.15, 0.2) is 18.2 Å². The van der Waals surface area contributed by atoms with E-state index in [0.717, 1.165) is 38.8 Å². The number of fused-ring (bicyclic) bond motifs is 3. The molecule has 1 heterocycles. The molecule has 0 bridgehead atoms. The van der Waals surface area contributed by atoms with E-state index in [1.807, 2.05) is 0 Å². The number of hydrogen-bond acceptors (Lipinski definition) is 12. The third kappa shape index (κ3) is 10.9. The zero-order chi connectivity index (χ0) is 42.7. The summed E-state index contributed by atoms with van der Waals surface area (Å²) in [5, 5.41) is 68.2. The van der Waals surface area contributed by atoms with Crippen molar-refractivity contribution in [3.05, 3.63) is 51.6 Å². The second-order valence-corrected chi connectivity index (χ2v) is 17.2. The van der Waals surface area contributed by atoms with Crippen LogP contribution < -0.4 is 4.74 Å². The summed E-state index contributed by atoms with van der Waals surface area (Å²) in [6.07, 6.45) is 13.1. The molecule has 12 nitrogen and oxygen atoms in total. The third-order valence-corrected chi connectivity index (χ3v) is 13.0. The maximum absolute atomic E-state index is 14.1. The van der Waals surface area contributed by atoms with Crippen LogP contribution in [0.3, 0.4) is 0 Å². The molecule has 2 aliphatic carbocycles. The van der Waals surface area contributed by atoms with E-state index in [1.165, 1.54) is 96.3 Å². The lowest BCUT2D eigenvalue weighted by Gasteiger charge is -2.46. The molecule has 3 aliphatic rings. The summed E-state index contributed by atoms with van der Waals surface area (Å²) in [6, 6.07) is 4.20. The zero-order valence-corrected chi connectivity index (χ0v) is 35.9. The van der Waals surface area contributed by atoms with Gasteiger partial charge in [0.15, 0.2) is 12.1 Å². The van der Waals surface area contributed by atoms with Gasteiger partial charge in [-0.25, -0.2) is 0 Å². The van der Waals surface area contributed by atoms with E-state index in [1.54, 1.807) is 13.0 Å². The Labute approximate surface area is 350 Å². The van der Waals surface area contributed by atoms with Crippen LogP contribution in [0.4, 0.5) is 0 Å².